The fourth-order valence-electron chi connectivity index (χ4n) is 1.83. The van der Waals surface area contributed by atoms with E-state index in [-0.39, 0.29) is 19.0 Å². The summed E-state index contributed by atoms with van der Waals surface area (Å²) in [6.45, 7) is 3.66. The van der Waals surface area contributed by atoms with Crippen molar-refractivity contribution in [3.05, 3.63) is 35.9 Å². The van der Waals surface area contributed by atoms with Crippen molar-refractivity contribution in [2.24, 2.45) is 11.0 Å². The fourth-order valence-corrected chi connectivity index (χ4v) is 1.83. The van der Waals surface area contributed by atoms with Gasteiger partial charge in [-0.3, -0.25) is 9.59 Å². The lowest BCUT2D eigenvalue weighted by Crippen LogP contribution is -2.29. The predicted octanol–water partition coefficient (Wildman–Crippen LogP) is 1.81. The average Bonchev–Trinajstić information content (AvgIpc) is 2.52. The first-order valence-electron chi connectivity index (χ1n) is 6.99. The highest BCUT2D eigenvalue weighted by Gasteiger charge is 2.23. The van der Waals surface area contributed by atoms with Crippen LogP contribution in [0.5, 0.6) is 0 Å². The Hall–Kier alpha value is -2.68. The molecule has 22 heavy (non-hydrogen) atoms. The highest BCUT2D eigenvalue weighted by molar-refractivity contribution is 6.01. The highest BCUT2D eigenvalue weighted by Crippen LogP contribution is 2.12. The predicted molar refractivity (Wildman–Crippen MR) is 81.8 cm³/mol. The number of rotatable bonds is 7. The minimum Gasteiger partial charge on any atom is -0.465 e. The standard InChI is InChI=1S/C16H19N3O3/c1-3-22-16(21)14(11-13-7-5-4-6-8-13)12(2)18-19-15(20)9-10-17/h4-8,14H,3,9,11H2,1-2H3,(H,19,20)/b18-12-/t14-/m0/s1. The van der Waals surface area contributed by atoms with Gasteiger partial charge in [0.2, 0.25) is 0 Å². The maximum absolute atomic E-state index is 12.1. The van der Waals surface area contributed by atoms with Crippen LogP contribution in [-0.2, 0) is 20.7 Å². The van der Waals surface area contributed by atoms with Crippen molar-refractivity contribution >= 4 is 17.6 Å². The van der Waals surface area contributed by atoms with Gasteiger partial charge in [-0.2, -0.15) is 10.4 Å². The maximum atomic E-state index is 12.1. The zero-order chi connectivity index (χ0) is 16.4. The summed E-state index contributed by atoms with van der Waals surface area (Å²) in [6.07, 6.45) is 0.155. The van der Waals surface area contributed by atoms with Crippen LogP contribution in [-0.4, -0.2) is 24.2 Å². The lowest BCUT2D eigenvalue weighted by Gasteiger charge is -2.15. The Bertz CT molecular complexity index is 576. The monoisotopic (exact) mass is 301 g/mol. The third kappa shape index (κ3) is 5.75. The Balaban J connectivity index is 2.85. The molecule has 6 heteroatoms. The Morgan fingerprint density at radius 2 is 2.05 bits per heavy atom. The SMILES string of the molecule is CCOC(=O)[C@@H](Cc1ccccc1)/C(C)=N\NC(=O)CC#N. The van der Waals surface area contributed by atoms with Gasteiger partial charge in [0, 0.05) is 5.71 Å². The number of carbonyl (C=O) groups excluding carboxylic acids is 2. The van der Waals surface area contributed by atoms with Gasteiger partial charge in [-0.15, -0.1) is 0 Å². The van der Waals surface area contributed by atoms with Crippen LogP contribution in [0.4, 0.5) is 0 Å². The van der Waals surface area contributed by atoms with Gasteiger partial charge in [0.15, 0.2) is 0 Å². The molecule has 6 nitrogen and oxygen atoms in total. The lowest BCUT2D eigenvalue weighted by atomic mass is 9.95. The van der Waals surface area contributed by atoms with Crippen molar-refractivity contribution in [3.63, 3.8) is 0 Å². The normalized spacial score (nSPS) is 12.1. The molecule has 0 aromatic heterocycles. The van der Waals surface area contributed by atoms with Gasteiger partial charge in [0.1, 0.15) is 12.3 Å². The van der Waals surface area contributed by atoms with Crippen molar-refractivity contribution in [2.75, 3.05) is 6.61 Å². The summed E-state index contributed by atoms with van der Waals surface area (Å²) in [6, 6.07) is 11.2. The van der Waals surface area contributed by atoms with Crippen molar-refractivity contribution in [1.82, 2.24) is 5.43 Å². The molecule has 0 radical (unpaired) electrons. The summed E-state index contributed by atoms with van der Waals surface area (Å²) in [4.78, 5) is 23.4. The van der Waals surface area contributed by atoms with E-state index >= 15 is 0 Å². The van der Waals surface area contributed by atoms with Gasteiger partial charge in [-0.1, -0.05) is 30.3 Å². The maximum Gasteiger partial charge on any atom is 0.315 e. The molecule has 1 aromatic rings. The zero-order valence-corrected chi connectivity index (χ0v) is 12.7. The smallest absolute Gasteiger partial charge is 0.315 e. The minimum atomic E-state index is -0.579. The second-order valence-electron chi connectivity index (χ2n) is 4.62. The van der Waals surface area contributed by atoms with Crippen molar-refractivity contribution < 1.29 is 14.3 Å². The summed E-state index contributed by atoms with van der Waals surface area (Å²) in [5.74, 6) is -1.48. The van der Waals surface area contributed by atoms with Crippen molar-refractivity contribution in [2.45, 2.75) is 26.7 Å². The number of benzene rings is 1. The molecule has 1 N–H and O–H groups in total. The van der Waals surface area contributed by atoms with Gasteiger partial charge >= 0.3 is 5.97 Å². The number of nitriles is 1. The molecule has 1 rings (SSSR count). The molecule has 0 aliphatic carbocycles. The fraction of sp³-hybridized carbons (Fsp3) is 0.375. The van der Waals surface area contributed by atoms with E-state index in [4.69, 9.17) is 10.00 Å². The summed E-state index contributed by atoms with van der Waals surface area (Å²) in [5.41, 5.74) is 3.67. The molecule has 0 aliphatic heterocycles. The van der Waals surface area contributed by atoms with Crippen molar-refractivity contribution in [1.29, 1.82) is 5.26 Å². The molecule has 0 saturated carbocycles. The molecule has 1 aromatic carbocycles. The summed E-state index contributed by atoms with van der Waals surface area (Å²) in [7, 11) is 0. The van der Waals surface area contributed by atoms with Gasteiger partial charge in [0.25, 0.3) is 5.91 Å². The quantitative estimate of drug-likeness (QED) is 0.472. The van der Waals surface area contributed by atoms with Gasteiger partial charge in [-0.25, -0.2) is 5.43 Å². The van der Waals surface area contributed by atoms with Gasteiger partial charge in [-0.05, 0) is 25.8 Å². The molecule has 116 valence electrons. The molecular weight excluding hydrogens is 282 g/mol. The molecule has 0 saturated heterocycles. The largest absolute Gasteiger partial charge is 0.465 e. The third-order valence-electron chi connectivity index (χ3n) is 2.95. The van der Waals surface area contributed by atoms with E-state index in [1.54, 1.807) is 19.9 Å². The van der Waals surface area contributed by atoms with Crippen molar-refractivity contribution in [3.8, 4) is 6.07 Å². The number of hydrazone groups is 1. The van der Waals surface area contributed by atoms with Crippen LogP contribution in [0.15, 0.2) is 35.4 Å². The second kappa shape index (κ2) is 9.29. The van der Waals surface area contributed by atoms with E-state index in [1.165, 1.54) is 0 Å². The first-order valence-corrected chi connectivity index (χ1v) is 6.99. The van der Waals surface area contributed by atoms with E-state index in [1.807, 2.05) is 30.3 Å². The molecule has 0 unspecified atom stereocenters. The first-order chi connectivity index (χ1) is 10.6. The number of ether oxygens (including phenoxy) is 1. The number of esters is 1. The molecule has 1 atom stereocenters. The molecule has 0 aliphatic rings. The van der Waals surface area contributed by atoms with E-state index in [0.717, 1.165) is 5.56 Å². The number of hydrogen-bond acceptors (Lipinski definition) is 5. The van der Waals surface area contributed by atoms with Gasteiger partial charge < -0.3 is 4.74 Å². The number of nitrogens with one attached hydrogen (secondary N) is 1. The number of hydrogen-bond donors (Lipinski definition) is 1. The molecule has 0 fully saturated rings. The lowest BCUT2D eigenvalue weighted by molar-refractivity contribution is -0.145. The molecule has 1 amide bonds. The van der Waals surface area contributed by atoms with Crippen LogP contribution in [0.3, 0.4) is 0 Å². The molecular formula is C16H19N3O3. The molecule has 0 bridgehead atoms. The number of carbonyl (C=O) groups is 2. The van der Waals surface area contributed by atoms with E-state index < -0.39 is 11.8 Å². The summed E-state index contributed by atoms with van der Waals surface area (Å²) in [5, 5.41) is 12.3. The second-order valence-corrected chi connectivity index (χ2v) is 4.62. The van der Waals surface area contributed by atoms with Crippen LogP contribution in [0, 0.1) is 17.2 Å². The van der Waals surface area contributed by atoms with Crippen LogP contribution < -0.4 is 5.43 Å². The Morgan fingerprint density at radius 1 is 1.36 bits per heavy atom. The van der Waals surface area contributed by atoms with E-state index in [0.29, 0.717) is 12.1 Å². The molecule has 0 spiro atoms. The Morgan fingerprint density at radius 3 is 2.64 bits per heavy atom. The Labute approximate surface area is 129 Å². The van der Waals surface area contributed by atoms with Crippen LogP contribution in [0.25, 0.3) is 0 Å². The Kier molecular flexibility index (Phi) is 7.34. The molecule has 0 heterocycles. The zero-order valence-electron chi connectivity index (χ0n) is 12.7. The number of amides is 1. The van der Waals surface area contributed by atoms with E-state index in [9.17, 15) is 9.59 Å². The van der Waals surface area contributed by atoms with Crippen LogP contribution >= 0.6 is 0 Å². The van der Waals surface area contributed by atoms with Crippen LogP contribution in [0.2, 0.25) is 0 Å². The summed E-state index contributed by atoms with van der Waals surface area (Å²) < 4.78 is 5.07. The topological polar surface area (TPSA) is 91.5 Å². The number of nitrogens with zero attached hydrogens (tertiary/aromatic N) is 2. The highest BCUT2D eigenvalue weighted by atomic mass is 16.5. The van der Waals surface area contributed by atoms with E-state index in [2.05, 4.69) is 10.5 Å². The first kappa shape index (κ1) is 17.4. The van der Waals surface area contributed by atoms with Gasteiger partial charge in [0.05, 0.1) is 12.7 Å². The minimum absolute atomic E-state index is 0.276. The van der Waals surface area contributed by atoms with Crippen LogP contribution in [0.1, 0.15) is 25.8 Å². The summed E-state index contributed by atoms with van der Waals surface area (Å²) >= 11 is 0. The third-order valence-corrected chi connectivity index (χ3v) is 2.95. The average molecular weight is 301 g/mol.